The molecule has 0 radical (unpaired) electrons. The minimum atomic E-state index is 0.0860. The lowest BCUT2D eigenvalue weighted by Gasteiger charge is -2.29. The fourth-order valence-corrected chi connectivity index (χ4v) is 3.76. The van der Waals surface area contributed by atoms with Crippen molar-refractivity contribution in [2.45, 2.75) is 19.3 Å². The minimum absolute atomic E-state index is 0.0860. The van der Waals surface area contributed by atoms with E-state index in [0.29, 0.717) is 0 Å². The molecule has 0 fully saturated rings. The Morgan fingerprint density at radius 3 is 2.20 bits per heavy atom. The standard InChI is InChI=1S/C27H20N2O/c28-18-20(19-29)9-7-14-23-15-8-16-24-25(21-10-3-1-4-11-21)17-26(30-27(23)24)22-12-5-2-6-13-22/h1-7,9-14,17H,8,15-16H2. The van der Waals surface area contributed by atoms with Crippen LogP contribution in [0.2, 0.25) is 0 Å². The summed E-state index contributed by atoms with van der Waals surface area (Å²) >= 11 is 0. The Hall–Kier alpha value is -4.08. The first-order valence-corrected chi connectivity index (χ1v) is 9.96. The number of benzene rings is 2. The van der Waals surface area contributed by atoms with Gasteiger partial charge in [0.2, 0.25) is 0 Å². The van der Waals surface area contributed by atoms with Crippen LogP contribution in [0, 0.1) is 22.7 Å². The molecule has 2 aliphatic rings. The molecular weight excluding hydrogens is 368 g/mol. The van der Waals surface area contributed by atoms with Gasteiger partial charge in [0, 0.05) is 11.1 Å². The molecule has 3 heteroatoms. The van der Waals surface area contributed by atoms with E-state index in [9.17, 15) is 0 Å². The summed E-state index contributed by atoms with van der Waals surface area (Å²) in [5.41, 5.74) is 5.76. The van der Waals surface area contributed by atoms with Gasteiger partial charge in [0.1, 0.15) is 29.2 Å². The zero-order valence-corrected chi connectivity index (χ0v) is 16.5. The van der Waals surface area contributed by atoms with Crippen LogP contribution in [0.25, 0.3) is 11.3 Å². The van der Waals surface area contributed by atoms with Crippen LogP contribution in [-0.4, -0.2) is 0 Å². The van der Waals surface area contributed by atoms with Gasteiger partial charge in [-0.1, -0.05) is 72.8 Å². The molecule has 3 nitrogen and oxygen atoms in total. The van der Waals surface area contributed by atoms with Gasteiger partial charge in [0.25, 0.3) is 0 Å². The molecule has 0 bridgehead atoms. The number of fused-ring (bicyclic) bond motifs is 1. The van der Waals surface area contributed by atoms with Gasteiger partial charge in [0.15, 0.2) is 0 Å². The lowest BCUT2D eigenvalue weighted by Crippen LogP contribution is -2.11. The van der Waals surface area contributed by atoms with Crippen LogP contribution in [0.5, 0.6) is 0 Å². The predicted octanol–water partition coefficient (Wildman–Crippen LogP) is 6.48. The maximum Gasteiger partial charge on any atom is 0.135 e. The van der Waals surface area contributed by atoms with E-state index >= 15 is 0 Å². The van der Waals surface area contributed by atoms with Gasteiger partial charge in [-0.3, -0.25) is 0 Å². The summed E-state index contributed by atoms with van der Waals surface area (Å²) in [7, 11) is 0. The van der Waals surface area contributed by atoms with Crippen LogP contribution < -0.4 is 0 Å². The fourth-order valence-electron chi connectivity index (χ4n) is 3.76. The summed E-state index contributed by atoms with van der Waals surface area (Å²) in [5.74, 6) is 1.72. The normalized spacial score (nSPS) is 15.6. The highest BCUT2D eigenvalue weighted by Gasteiger charge is 2.26. The number of hydrogen-bond donors (Lipinski definition) is 0. The Morgan fingerprint density at radius 1 is 0.867 bits per heavy atom. The Kier molecular flexibility index (Phi) is 5.74. The number of hydrogen-bond acceptors (Lipinski definition) is 3. The van der Waals surface area contributed by atoms with Crippen molar-refractivity contribution in [3.8, 4) is 12.1 Å². The van der Waals surface area contributed by atoms with Gasteiger partial charge in [-0.05, 0) is 48.1 Å². The summed E-state index contributed by atoms with van der Waals surface area (Å²) in [5, 5.41) is 17.9. The molecule has 4 rings (SSSR count). The van der Waals surface area contributed by atoms with Crippen LogP contribution in [0.3, 0.4) is 0 Å². The zero-order valence-electron chi connectivity index (χ0n) is 16.5. The molecule has 144 valence electrons. The molecule has 0 atom stereocenters. The zero-order chi connectivity index (χ0) is 20.8. The fraction of sp³-hybridized carbons (Fsp3) is 0.111. The first-order chi connectivity index (χ1) is 14.8. The van der Waals surface area contributed by atoms with E-state index in [4.69, 9.17) is 15.3 Å². The van der Waals surface area contributed by atoms with Crippen molar-refractivity contribution < 1.29 is 4.74 Å². The number of allylic oxidation sites excluding steroid dienone is 8. The quantitative estimate of drug-likeness (QED) is 0.445. The van der Waals surface area contributed by atoms with Crippen molar-refractivity contribution in [1.82, 2.24) is 0 Å². The molecule has 2 aromatic rings. The monoisotopic (exact) mass is 388 g/mol. The average Bonchev–Trinajstić information content (AvgIpc) is 2.82. The smallest absolute Gasteiger partial charge is 0.135 e. The van der Waals surface area contributed by atoms with Crippen molar-refractivity contribution in [1.29, 1.82) is 10.5 Å². The van der Waals surface area contributed by atoms with E-state index in [1.54, 1.807) is 12.2 Å². The average molecular weight is 388 g/mol. The highest BCUT2D eigenvalue weighted by molar-refractivity contribution is 5.88. The topological polar surface area (TPSA) is 56.8 Å². The lowest BCUT2D eigenvalue weighted by molar-refractivity contribution is 0.372. The SMILES string of the molecule is N#CC(C#N)=CC=CC1=C2OC(c3ccccc3)=CC(c3ccccc3)=C2CCC1. The van der Waals surface area contributed by atoms with E-state index in [0.717, 1.165) is 41.9 Å². The van der Waals surface area contributed by atoms with Crippen LogP contribution >= 0.6 is 0 Å². The van der Waals surface area contributed by atoms with E-state index in [-0.39, 0.29) is 5.57 Å². The molecule has 2 aromatic carbocycles. The van der Waals surface area contributed by atoms with Crippen molar-refractivity contribution in [2.24, 2.45) is 0 Å². The third kappa shape index (κ3) is 4.02. The Morgan fingerprint density at radius 2 is 1.53 bits per heavy atom. The van der Waals surface area contributed by atoms with Crippen molar-refractivity contribution in [3.05, 3.63) is 119 Å². The molecule has 0 saturated heterocycles. The summed E-state index contributed by atoms with van der Waals surface area (Å²) in [6.07, 6.45) is 10.3. The maximum atomic E-state index is 8.95. The minimum Gasteiger partial charge on any atom is -0.456 e. The summed E-state index contributed by atoms with van der Waals surface area (Å²) in [6.45, 7) is 0. The van der Waals surface area contributed by atoms with Crippen molar-refractivity contribution in [2.75, 3.05) is 0 Å². The molecule has 1 aliphatic heterocycles. The Labute approximate surface area is 176 Å². The molecule has 0 unspecified atom stereocenters. The highest BCUT2D eigenvalue weighted by Crippen LogP contribution is 2.43. The first kappa shape index (κ1) is 19.2. The number of rotatable bonds is 4. The van der Waals surface area contributed by atoms with Gasteiger partial charge < -0.3 is 4.74 Å². The molecule has 1 heterocycles. The molecule has 1 aliphatic carbocycles. The Bertz CT molecular complexity index is 1160. The van der Waals surface area contributed by atoms with Gasteiger partial charge in [0.05, 0.1) is 0 Å². The van der Waals surface area contributed by atoms with E-state index < -0.39 is 0 Å². The lowest BCUT2D eigenvalue weighted by atomic mass is 9.85. The molecule has 0 saturated carbocycles. The van der Waals surface area contributed by atoms with Crippen LogP contribution in [-0.2, 0) is 4.74 Å². The van der Waals surface area contributed by atoms with E-state index in [1.165, 1.54) is 16.7 Å². The second-order valence-electron chi connectivity index (χ2n) is 7.11. The number of nitriles is 2. The van der Waals surface area contributed by atoms with Crippen LogP contribution in [0.15, 0.2) is 107 Å². The number of nitrogens with zero attached hydrogens (tertiary/aromatic N) is 2. The molecule has 0 spiro atoms. The van der Waals surface area contributed by atoms with Crippen molar-refractivity contribution in [3.63, 3.8) is 0 Å². The summed E-state index contributed by atoms with van der Waals surface area (Å²) in [4.78, 5) is 0. The molecule has 30 heavy (non-hydrogen) atoms. The highest BCUT2D eigenvalue weighted by atomic mass is 16.5. The van der Waals surface area contributed by atoms with Gasteiger partial charge in [-0.25, -0.2) is 0 Å². The summed E-state index contributed by atoms with van der Waals surface area (Å²) in [6, 6.07) is 24.3. The molecule has 0 N–H and O–H groups in total. The largest absolute Gasteiger partial charge is 0.456 e. The van der Waals surface area contributed by atoms with Crippen LogP contribution in [0.1, 0.15) is 30.4 Å². The van der Waals surface area contributed by atoms with Gasteiger partial charge in [-0.15, -0.1) is 0 Å². The first-order valence-electron chi connectivity index (χ1n) is 9.96. The van der Waals surface area contributed by atoms with Gasteiger partial charge in [-0.2, -0.15) is 10.5 Å². The second kappa shape index (κ2) is 8.95. The second-order valence-corrected chi connectivity index (χ2v) is 7.11. The molecule has 0 amide bonds. The van der Waals surface area contributed by atoms with Crippen molar-refractivity contribution >= 4 is 11.3 Å². The number of ether oxygens (including phenoxy) is 1. The van der Waals surface area contributed by atoms with E-state index in [2.05, 4.69) is 30.3 Å². The third-order valence-corrected chi connectivity index (χ3v) is 5.20. The van der Waals surface area contributed by atoms with Crippen LogP contribution in [0.4, 0.5) is 0 Å². The van der Waals surface area contributed by atoms with Gasteiger partial charge >= 0.3 is 0 Å². The summed E-state index contributed by atoms with van der Waals surface area (Å²) < 4.78 is 6.43. The molecule has 0 aromatic heterocycles. The third-order valence-electron chi connectivity index (χ3n) is 5.20. The van der Waals surface area contributed by atoms with E-state index in [1.807, 2.05) is 54.6 Å². The maximum absolute atomic E-state index is 8.95. The Balaban J connectivity index is 1.84. The predicted molar refractivity (Wildman–Crippen MR) is 118 cm³/mol. The molecular formula is C27H20N2O.